The molecule has 0 aliphatic rings. The van der Waals surface area contributed by atoms with Crippen molar-refractivity contribution in [2.45, 2.75) is 13.8 Å². The summed E-state index contributed by atoms with van der Waals surface area (Å²) in [6.45, 7) is 3.22. The van der Waals surface area contributed by atoms with Crippen molar-refractivity contribution >= 4 is 34.1 Å². The third-order valence-electron chi connectivity index (χ3n) is 4.92. The van der Waals surface area contributed by atoms with Gasteiger partial charge in [-0.2, -0.15) is 0 Å². The average molecular weight is 432 g/mol. The number of fused-ring (bicyclic) bond motifs is 1. The minimum Gasteiger partial charge on any atom is -0.436 e. The zero-order chi connectivity index (χ0) is 23.0. The second-order valence-corrected chi connectivity index (χ2v) is 7.18. The van der Waals surface area contributed by atoms with Crippen LogP contribution in [0.2, 0.25) is 0 Å². The lowest BCUT2D eigenvalue weighted by Crippen LogP contribution is -2.13. The van der Waals surface area contributed by atoms with E-state index in [4.69, 9.17) is 4.42 Å². The molecule has 0 saturated heterocycles. The molecule has 1 aromatic heterocycles. The van der Waals surface area contributed by atoms with E-state index in [1.807, 2.05) is 31.2 Å². The van der Waals surface area contributed by atoms with E-state index < -0.39 is 27.1 Å². The SMILES string of the molecule is Cc1cccc(-c2nc3cc(NC(=O)c4cc([N+](=O)[O-])c(C)c([N+](=O)[O-])c4)ccc3o2)c1. The number of carbonyl (C=O) groups is 1. The third kappa shape index (κ3) is 3.88. The van der Waals surface area contributed by atoms with Crippen LogP contribution in [0, 0.1) is 34.1 Å². The van der Waals surface area contributed by atoms with E-state index >= 15 is 0 Å². The smallest absolute Gasteiger partial charge is 0.279 e. The van der Waals surface area contributed by atoms with Gasteiger partial charge in [-0.1, -0.05) is 17.7 Å². The van der Waals surface area contributed by atoms with Gasteiger partial charge in [0.05, 0.1) is 15.4 Å². The highest BCUT2D eigenvalue weighted by Crippen LogP contribution is 2.30. The van der Waals surface area contributed by atoms with Gasteiger partial charge in [0, 0.05) is 23.4 Å². The van der Waals surface area contributed by atoms with Gasteiger partial charge < -0.3 is 9.73 Å². The number of nitrogens with zero attached hydrogens (tertiary/aromatic N) is 3. The predicted molar refractivity (Wildman–Crippen MR) is 117 cm³/mol. The topological polar surface area (TPSA) is 141 Å². The number of oxazole rings is 1. The Morgan fingerprint density at radius 3 is 2.28 bits per heavy atom. The maximum Gasteiger partial charge on any atom is 0.279 e. The van der Waals surface area contributed by atoms with E-state index in [2.05, 4.69) is 10.3 Å². The average Bonchev–Trinajstić information content (AvgIpc) is 3.17. The summed E-state index contributed by atoms with van der Waals surface area (Å²) in [5.41, 5.74) is 1.92. The second kappa shape index (κ2) is 7.91. The van der Waals surface area contributed by atoms with Crippen molar-refractivity contribution < 1.29 is 19.1 Å². The van der Waals surface area contributed by atoms with E-state index in [0.29, 0.717) is 22.7 Å². The number of amides is 1. The number of anilines is 1. The van der Waals surface area contributed by atoms with Crippen molar-refractivity contribution in [1.82, 2.24) is 4.98 Å². The van der Waals surface area contributed by atoms with Gasteiger partial charge >= 0.3 is 0 Å². The van der Waals surface area contributed by atoms with Gasteiger partial charge in [0.1, 0.15) is 11.1 Å². The molecule has 0 spiro atoms. The third-order valence-corrected chi connectivity index (χ3v) is 4.92. The maximum atomic E-state index is 12.7. The standard InChI is InChI=1S/C22H16N4O6/c1-12-4-3-5-14(8-12)22-24-17-11-16(6-7-20(17)32-22)23-21(27)15-9-18(25(28)29)13(2)19(10-15)26(30)31/h3-11H,1-2H3,(H,23,27). The maximum absolute atomic E-state index is 12.7. The van der Waals surface area contributed by atoms with Gasteiger partial charge in [-0.05, 0) is 44.2 Å². The number of nitro benzene ring substituents is 2. The number of carbonyl (C=O) groups excluding carboxylic acids is 1. The van der Waals surface area contributed by atoms with Crippen LogP contribution in [0.3, 0.4) is 0 Å². The Labute approximate surface area is 180 Å². The largest absolute Gasteiger partial charge is 0.436 e. The first-order chi connectivity index (χ1) is 15.2. The highest BCUT2D eigenvalue weighted by molar-refractivity contribution is 6.06. The number of aromatic nitrogens is 1. The van der Waals surface area contributed by atoms with E-state index in [1.165, 1.54) is 6.92 Å². The van der Waals surface area contributed by atoms with Gasteiger partial charge in [0.2, 0.25) is 5.89 Å². The van der Waals surface area contributed by atoms with E-state index in [-0.39, 0.29) is 11.1 Å². The van der Waals surface area contributed by atoms with Crippen LogP contribution in [-0.2, 0) is 0 Å². The van der Waals surface area contributed by atoms with Gasteiger partial charge in [-0.25, -0.2) is 4.98 Å². The fourth-order valence-electron chi connectivity index (χ4n) is 3.30. The van der Waals surface area contributed by atoms with Crippen LogP contribution in [0.1, 0.15) is 21.5 Å². The fourth-order valence-corrected chi connectivity index (χ4v) is 3.30. The molecule has 0 radical (unpaired) electrons. The molecule has 1 N–H and O–H groups in total. The monoisotopic (exact) mass is 432 g/mol. The fraction of sp³-hybridized carbons (Fsp3) is 0.0909. The first-order valence-corrected chi connectivity index (χ1v) is 9.45. The van der Waals surface area contributed by atoms with Gasteiger partial charge in [0.25, 0.3) is 17.3 Å². The number of nitrogens with one attached hydrogen (secondary N) is 1. The van der Waals surface area contributed by atoms with Gasteiger partial charge in [-0.3, -0.25) is 25.0 Å². The molecule has 4 aromatic rings. The van der Waals surface area contributed by atoms with Crippen LogP contribution < -0.4 is 5.32 Å². The molecule has 0 saturated carbocycles. The molecule has 160 valence electrons. The molecular weight excluding hydrogens is 416 g/mol. The molecule has 0 bridgehead atoms. The Bertz CT molecular complexity index is 1370. The normalized spacial score (nSPS) is 10.8. The van der Waals surface area contributed by atoms with Crippen molar-refractivity contribution in [1.29, 1.82) is 0 Å². The molecule has 3 aromatic carbocycles. The minimum absolute atomic E-state index is 0.121. The van der Waals surface area contributed by atoms with E-state index in [0.717, 1.165) is 23.3 Å². The molecule has 10 nitrogen and oxygen atoms in total. The van der Waals surface area contributed by atoms with Crippen molar-refractivity contribution in [3.8, 4) is 11.5 Å². The number of hydrogen-bond acceptors (Lipinski definition) is 7. The van der Waals surface area contributed by atoms with Crippen LogP contribution in [-0.4, -0.2) is 20.7 Å². The quantitative estimate of drug-likeness (QED) is 0.338. The molecule has 10 heteroatoms. The van der Waals surface area contributed by atoms with E-state index in [9.17, 15) is 25.0 Å². The Morgan fingerprint density at radius 2 is 1.66 bits per heavy atom. The molecule has 0 unspecified atom stereocenters. The first-order valence-electron chi connectivity index (χ1n) is 9.45. The lowest BCUT2D eigenvalue weighted by molar-refractivity contribution is -0.395. The highest BCUT2D eigenvalue weighted by atomic mass is 16.6. The zero-order valence-corrected chi connectivity index (χ0v) is 17.0. The second-order valence-electron chi connectivity index (χ2n) is 7.18. The Morgan fingerprint density at radius 1 is 0.969 bits per heavy atom. The molecule has 32 heavy (non-hydrogen) atoms. The Hall–Kier alpha value is -4.60. The predicted octanol–water partition coefficient (Wildman–Crippen LogP) is 5.18. The molecule has 0 atom stereocenters. The van der Waals surface area contributed by atoms with Crippen LogP contribution in [0.25, 0.3) is 22.6 Å². The summed E-state index contributed by atoms with van der Waals surface area (Å²) in [6.07, 6.45) is 0. The molecule has 1 heterocycles. The minimum atomic E-state index is -0.757. The summed E-state index contributed by atoms with van der Waals surface area (Å²) in [5, 5.41) is 25.1. The molecule has 0 aliphatic carbocycles. The number of benzene rings is 3. The lowest BCUT2D eigenvalue weighted by Gasteiger charge is -2.06. The number of hydrogen-bond donors (Lipinski definition) is 1. The summed E-state index contributed by atoms with van der Waals surface area (Å²) in [5.74, 6) is -0.296. The summed E-state index contributed by atoms with van der Waals surface area (Å²) >= 11 is 0. The Balaban J connectivity index is 1.65. The lowest BCUT2D eigenvalue weighted by atomic mass is 10.1. The first kappa shape index (κ1) is 20.7. The molecular formula is C22H16N4O6. The van der Waals surface area contributed by atoms with Crippen molar-refractivity contribution in [2.24, 2.45) is 0 Å². The molecule has 1 amide bonds. The van der Waals surface area contributed by atoms with Crippen molar-refractivity contribution in [3.05, 3.63) is 91.5 Å². The van der Waals surface area contributed by atoms with Crippen molar-refractivity contribution in [3.63, 3.8) is 0 Å². The molecule has 0 aliphatic heterocycles. The molecule has 4 rings (SSSR count). The van der Waals surface area contributed by atoms with Crippen LogP contribution in [0.15, 0.2) is 59.0 Å². The summed E-state index contributed by atoms with van der Waals surface area (Å²) in [7, 11) is 0. The van der Waals surface area contributed by atoms with Crippen LogP contribution in [0.4, 0.5) is 17.1 Å². The number of nitro groups is 2. The summed E-state index contributed by atoms with van der Waals surface area (Å²) in [6, 6.07) is 14.5. The number of rotatable bonds is 5. The van der Waals surface area contributed by atoms with Crippen LogP contribution in [0.5, 0.6) is 0 Å². The van der Waals surface area contributed by atoms with E-state index in [1.54, 1.807) is 18.2 Å². The highest BCUT2D eigenvalue weighted by Gasteiger charge is 2.25. The zero-order valence-electron chi connectivity index (χ0n) is 17.0. The summed E-state index contributed by atoms with van der Waals surface area (Å²) in [4.78, 5) is 38.1. The number of aryl methyl sites for hydroxylation is 1. The molecule has 0 fully saturated rings. The Kier molecular flexibility index (Phi) is 5.11. The van der Waals surface area contributed by atoms with Crippen LogP contribution >= 0.6 is 0 Å². The van der Waals surface area contributed by atoms with Gasteiger partial charge in [-0.15, -0.1) is 0 Å². The summed E-state index contributed by atoms with van der Waals surface area (Å²) < 4.78 is 5.78. The van der Waals surface area contributed by atoms with Crippen molar-refractivity contribution in [2.75, 3.05) is 5.32 Å². The van der Waals surface area contributed by atoms with Gasteiger partial charge in [0.15, 0.2) is 5.58 Å².